The molecule has 0 saturated heterocycles. The minimum Gasteiger partial charge on any atom is -0.147 e. The second-order valence-electron chi connectivity index (χ2n) is 4.25. The van der Waals surface area contributed by atoms with Crippen LogP contribution in [0.1, 0.15) is 0 Å². The minimum atomic E-state index is -1.29. The molecule has 0 radical (unpaired) electrons. The van der Waals surface area contributed by atoms with Crippen molar-refractivity contribution < 1.29 is 28.9 Å². The smallest absolute Gasteiger partial charge is 0.147 e. The summed E-state index contributed by atoms with van der Waals surface area (Å²) < 4.78 is 10.5. The van der Waals surface area contributed by atoms with E-state index in [1.54, 1.807) is 27.9 Å². The van der Waals surface area contributed by atoms with Crippen molar-refractivity contribution in [1.29, 1.82) is 0 Å². The van der Waals surface area contributed by atoms with E-state index in [-0.39, 0.29) is 24.8 Å². The summed E-state index contributed by atoms with van der Waals surface area (Å²) in [4.78, 5) is 0. The van der Waals surface area contributed by atoms with E-state index in [1.807, 2.05) is 6.07 Å². The van der Waals surface area contributed by atoms with Gasteiger partial charge in [-0.1, -0.05) is 0 Å². The maximum atomic E-state index is 5.23. The fourth-order valence-electron chi connectivity index (χ4n) is 1.18. The Balaban J connectivity index is 0. The largest absolute Gasteiger partial charge is 0.147 e. The van der Waals surface area contributed by atoms with Crippen molar-refractivity contribution >= 4 is 38.1 Å². The molecule has 0 spiro atoms. The molecule has 1 aromatic carbocycles. The summed E-state index contributed by atoms with van der Waals surface area (Å²) in [5, 5.41) is 1.36. The van der Waals surface area contributed by atoms with Gasteiger partial charge in [-0.05, 0) is 0 Å². The first-order valence-electron chi connectivity index (χ1n) is 4.50. The van der Waals surface area contributed by atoms with Gasteiger partial charge in [0.2, 0.25) is 0 Å². The van der Waals surface area contributed by atoms with Crippen molar-refractivity contribution in [1.82, 2.24) is 0 Å². The zero-order valence-corrected chi connectivity index (χ0v) is 14.1. The van der Waals surface area contributed by atoms with E-state index in [1.165, 1.54) is 5.19 Å². The molecule has 1 aromatic rings. The molecule has 16 heavy (non-hydrogen) atoms. The van der Waals surface area contributed by atoms with Crippen LogP contribution in [0.15, 0.2) is 18.2 Å². The van der Waals surface area contributed by atoms with Gasteiger partial charge in [-0.2, -0.15) is 0 Å². The van der Waals surface area contributed by atoms with Crippen LogP contribution in [0.25, 0.3) is 0 Å². The fraction of sp³-hybridized carbons (Fsp3) is 0.400. The molecule has 0 atom stereocenters. The molecule has 2 nitrogen and oxygen atoms in total. The second-order valence-corrected chi connectivity index (χ2v) is 9.65. The molecule has 6 heteroatoms. The molecule has 0 heterocycles. The number of halogens is 2. The average Bonchev–Trinajstić information content (AvgIpc) is 2.15. The molecule has 0 amide bonds. The van der Waals surface area contributed by atoms with Crippen LogP contribution < -0.4 is 13.2 Å². The number of methoxy groups -OCH3 is 1. The van der Waals surface area contributed by atoms with Crippen molar-refractivity contribution in [3.05, 3.63) is 18.2 Å². The molecule has 0 aliphatic carbocycles. The molecular weight excluding hydrogens is 299 g/mol. The van der Waals surface area contributed by atoms with Gasteiger partial charge < -0.3 is 0 Å². The number of ether oxygens (including phenoxy) is 1. The number of hydrogen-bond acceptors (Lipinski definition) is 2. The Morgan fingerprint density at radius 2 is 1.50 bits per heavy atom. The van der Waals surface area contributed by atoms with E-state index >= 15 is 0 Å². The van der Waals surface area contributed by atoms with Crippen LogP contribution in [0.3, 0.4) is 0 Å². The Morgan fingerprint density at radius 1 is 1.00 bits per heavy atom. The van der Waals surface area contributed by atoms with Gasteiger partial charge in [0, 0.05) is 0 Å². The predicted molar refractivity (Wildman–Crippen MR) is 71.1 cm³/mol. The van der Waals surface area contributed by atoms with Crippen molar-refractivity contribution in [2.75, 3.05) is 7.11 Å². The summed E-state index contributed by atoms with van der Waals surface area (Å²) in [6.45, 7) is 6.92. The standard InChI is InChI=1S/C10H16O2Si.2ClH.Ti/c1-12-9-5-8(11)6-10(7-9)13(2,3)4;;;/h5-7,11H,1-4H3;2*1H;/q;;;+1/p-1. The van der Waals surface area contributed by atoms with Crippen LogP contribution in [0.4, 0.5) is 0 Å². The van der Waals surface area contributed by atoms with E-state index in [2.05, 4.69) is 31.8 Å². The van der Waals surface area contributed by atoms with Crippen LogP contribution in [0, 0.1) is 0 Å². The molecule has 1 rings (SSSR count). The first-order valence-corrected chi connectivity index (χ1v) is 8.64. The maximum absolute atomic E-state index is 5.23. The molecule has 0 unspecified atom stereocenters. The quantitative estimate of drug-likeness (QED) is 0.798. The van der Waals surface area contributed by atoms with Crippen molar-refractivity contribution in [3.63, 3.8) is 0 Å². The minimum absolute atomic E-state index is 0. The molecule has 0 saturated carbocycles. The molecule has 0 N–H and O–H groups in total. The Bertz CT molecular complexity index is 307. The van der Waals surface area contributed by atoms with E-state index < -0.39 is 8.07 Å². The molecular formula is C10H17Cl2O2SiTi. The SMILES string of the molecule is COc1cc([O][Ti])cc([Si](C)(C)C)c1.Cl.Cl. The predicted octanol–water partition coefficient (Wildman–Crippen LogP) is 2.92. The topological polar surface area (TPSA) is 18.5 Å². The van der Waals surface area contributed by atoms with E-state index in [0.29, 0.717) is 0 Å². The number of benzene rings is 1. The third-order valence-electron chi connectivity index (χ3n) is 2.10. The van der Waals surface area contributed by atoms with E-state index in [4.69, 9.17) is 8.06 Å². The average molecular weight is 316 g/mol. The van der Waals surface area contributed by atoms with Gasteiger partial charge in [0.25, 0.3) is 0 Å². The number of hydrogen-bond donors (Lipinski definition) is 0. The first-order chi connectivity index (χ1) is 6.47. The summed E-state index contributed by atoms with van der Waals surface area (Å²) in [5.74, 6) is 1.75. The normalized spacial score (nSPS) is 9.69. The van der Waals surface area contributed by atoms with Crippen molar-refractivity contribution in [2.24, 2.45) is 0 Å². The molecule has 0 aliphatic rings. The Labute approximate surface area is 123 Å². The van der Waals surface area contributed by atoms with E-state index in [9.17, 15) is 0 Å². The van der Waals surface area contributed by atoms with Crippen LogP contribution >= 0.6 is 24.8 Å². The van der Waals surface area contributed by atoms with Crippen LogP contribution in [0.5, 0.6) is 11.5 Å². The van der Waals surface area contributed by atoms with Crippen LogP contribution in [0.2, 0.25) is 19.6 Å². The van der Waals surface area contributed by atoms with Crippen molar-refractivity contribution in [3.8, 4) is 11.5 Å². The summed E-state index contributed by atoms with van der Waals surface area (Å²) in [6, 6.07) is 6.12. The monoisotopic (exact) mass is 315 g/mol. The third kappa shape index (κ3) is 5.11. The molecule has 91 valence electrons. The van der Waals surface area contributed by atoms with Gasteiger partial charge in [-0.15, -0.1) is 24.8 Å². The van der Waals surface area contributed by atoms with Gasteiger partial charge >= 0.3 is 98.6 Å². The number of rotatable bonds is 3. The van der Waals surface area contributed by atoms with Gasteiger partial charge in [-0.25, -0.2) is 0 Å². The second kappa shape index (κ2) is 7.62. The Hall–Kier alpha value is 0.331. The Morgan fingerprint density at radius 3 is 1.88 bits per heavy atom. The Kier molecular flexibility index (Phi) is 8.90. The fourth-order valence-corrected chi connectivity index (χ4v) is 2.52. The summed E-state index contributed by atoms with van der Waals surface area (Å²) in [6.07, 6.45) is 0. The zero-order chi connectivity index (χ0) is 10.8. The zero-order valence-electron chi connectivity index (χ0n) is 9.87. The summed E-state index contributed by atoms with van der Waals surface area (Å²) in [7, 11) is 0.395. The molecule has 0 bridgehead atoms. The van der Waals surface area contributed by atoms with Crippen LogP contribution in [-0.4, -0.2) is 15.2 Å². The summed E-state index contributed by atoms with van der Waals surface area (Å²) >= 11 is 1.68. The van der Waals surface area contributed by atoms with Gasteiger partial charge in [0.1, 0.15) is 0 Å². The van der Waals surface area contributed by atoms with Crippen molar-refractivity contribution in [2.45, 2.75) is 19.6 Å². The van der Waals surface area contributed by atoms with Gasteiger partial charge in [-0.3, -0.25) is 0 Å². The van der Waals surface area contributed by atoms with Gasteiger partial charge in [0.05, 0.1) is 0 Å². The van der Waals surface area contributed by atoms with Crippen LogP contribution in [-0.2, 0) is 20.8 Å². The molecule has 0 aliphatic heterocycles. The molecule has 0 aromatic heterocycles. The first kappa shape index (κ1) is 18.7. The summed E-state index contributed by atoms with van der Waals surface area (Å²) in [5.41, 5.74) is 0. The van der Waals surface area contributed by atoms with E-state index in [0.717, 1.165) is 11.5 Å². The van der Waals surface area contributed by atoms with Gasteiger partial charge in [0.15, 0.2) is 0 Å². The molecule has 0 fully saturated rings. The maximum Gasteiger partial charge on any atom is -0.147 e. The third-order valence-corrected chi connectivity index (χ3v) is 4.49.